The highest BCUT2D eigenvalue weighted by Crippen LogP contribution is 2.25. The number of nitrogens with zero attached hydrogens (tertiary/aromatic N) is 2. The average Bonchev–Trinajstić information content (AvgIpc) is 2.56. The number of hydrogen-bond acceptors (Lipinski definition) is 5. The molecule has 3 rings (SSSR count). The number of hydrogen-bond donors (Lipinski definition) is 3. The first-order valence-corrected chi connectivity index (χ1v) is 8.12. The Hall–Kier alpha value is -2.25. The van der Waals surface area contributed by atoms with Crippen LogP contribution in [0, 0.1) is 5.92 Å². The predicted molar refractivity (Wildman–Crippen MR) is 90.2 cm³/mol. The number of amides is 1. The van der Waals surface area contributed by atoms with E-state index in [1.165, 1.54) is 0 Å². The van der Waals surface area contributed by atoms with Crippen LogP contribution >= 0.6 is 0 Å². The number of rotatable bonds is 3. The van der Waals surface area contributed by atoms with E-state index in [1.807, 2.05) is 6.07 Å². The van der Waals surface area contributed by atoms with Gasteiger partial charge in [0, 0.05) is 19.0 Å². The van der Waals surface area contributed by atoms with E-state index in [4.69, 9.17) is 5.73 Å². The van der Waals surface area contributed by atoms with Crippen LogP contribution in [-0.4, -0.2) is 45.1 Å². The van der Waals surface area contributed by atoms with Crippen molar-refractivity contribution in [1.29, 1.82) is 0 Å². The van der Waals surface area contributed by atoms with E-state index >= 15 is 0 Å². The van der Waals surface area contributed by atoms with Crippen LogP contribution in [0.3, 0.4) is 0 Å². The molecule has 2 aromatic rings. The zero-order chi connectivity index (χ0) is 17.3. The summed E-state index contributed by atoms with van der Waals surface area (Å²) in [5.74, 6) is 0.225. The third-order valence-electron chi connectivity index (χ3n) is 4.64. The molecule has 24 heavy (non-hydrogen) atoms. The number of fused-ring (bicyclic) bond motifs is 1. The maximum Gasteiger partial charge on any atom is 0.258 e. The van der Waals surface area contributed by atoms with Gasteiger partial charge in [-0.3, -0.25) is 9.59 Å². The quantitative estimate of drug-likeness (QED) is 0.753. The maximum atomic E-state index is 12.6. The Morgan fingerprint density at radius 3 is 2.92 bits per heavy atom. The standard InChI is InChI=1S/C17H22N4O3/c1-21(17(24)10-6-7-14(22)12(18)8-10)9-15-19-13-5-3-2-4-11(13)16(23)20-15/h2-5,10,12,14,22H,6-9,18H2,1H3,(H,19,20,23)/t10-,12+,14+/m0/s1. The number of H-pyrrole nitrogens is 1. The Bertz CT molecular complexity index is 804. The first-order chi connectivity index (χ1) is 11.5. The molecule has 4 N–H and O–H groups in total. The highest BCUT2D eigenvalue weighted by molar-refractivity contribution is 5.79. The summed E-state index contributed by atoms with van der Waals surface area (Å²) >= 11 is 0. The molecule has 1 aromatic carbocycles. The SMILES string of the molecule is CN(Cc1nc2ccccc2c(=O)[nH]1)C(=O)[C@H]1CC[C@@H](O)[C@H](N)C1. The van der Waals surface area contributed by atoms with Crippen molar-refractivity contribution in [2.24, 2.45) is 11.7 Å². The van der Waals surface area contributed by atoms with Gasteiger partial charge < -0.3 is 20.7 Å². The molecule has 7 nitrogen and oxygen atoms in total. The van der Waals surface area contributed by atoms with Crippen molar-refractivity contribution in [2.45, 2.75) is 38.0 Å². The van der Waals surface area contributed by atoms with E-state index in [0.29, 0.717) is 36.0 Å². The second kappa shape index (κ2) is 6.70. The summed E-state index contributed by atoms with van der Waals surface area (Å²) in [6.07, 6.45) is 1.11. The van der Waals surface area contributed by atoms with Gasteiger partial charge in [-0.2, -0.15) is 0 Å². The summed E-state index contributed by atoms with van der Waals surface area (Å²) in [7, 11) is 1.69. The molecule has 1 saturated carbocycles. The van der Waals surface area contributed by atoms with Crippen LogP contribution < -0.4 is 11.3 Å². The van der Waals surface area contributed by atoms with Gasteiger partial charge in [-0.15, -0.1) is 0 Å². The Balaban J connectivity index is 1.73. The number of aliphatic hydroxyl groups is 1. The Morgan fingerprint density at radius 2 is 2.17 bits per heavy atom. The summed E-state index contributed by atoms with van der Waals surface area (Å²) < 4.78 is 0. The molecular formula is C17H22N4O3. The molecule has 0 saturated heterocycles. The zero-order valence-corrected chi connectivity index (χ0v) is 13.6. The first-order valence-electron chi connectivity index (χ1n) is 8.12. The second-order valence-electron chi connectivity index (χ2n) is 6.47. The summed E-state index contributed by atoms with van der Waals surface area (Å²) in [6.45, 7) is 0.229. The summed E-state index contributed by atoms with van der Waals surface area (Å²) in [4.78, 5) is 33.4. The minimum absolute atomic E-state index is 0.0341. The van der Waals surface area contributed by atoms with Gasteiger partial charge in [0.05, 0.1) is 23.6 Å². The Morgan fingerprint density at radius 1 is 1.42 bits per heavy atom. The van der Waals surface area contributed by atoms with E-state index in [-0.39, 0.29) is 30.0 Å². The van der Waals surface area contributed by atoms with E-state index in [9.17, 15) is 14.7 Å². The fourth-order valence-electron chi connectivity index (χ4n) is 3.24. The predicted octanol–water partition coefficient (Wildman–Crippen LogP) is 0.370. The molecule has 1 aliphatic carbocycles. The Labute approximate surface area is 139 Å². The highest BCUT2D eigenvalue weighted by atomic mass is 16.3. The first kappa shape index (κ1) is 16.6. The van der Waals surface area contributed by atoms with Crippen LogP contribution in [0.4, 0.5) is 0 Å². The van der Waals surface area contributed by atoms with Crippen molar-refractivity contribution in [1.82, 2.24) is 14.9 Å². The monoisotopic (exact) mass is 330 g/mol. The van der Waals surface area contributed by atoms with Crippen LogP contribution in [0.15, 0.2) is 29.1 Å². The van der Waals surface area contributed by atoms with Gasteiger partial charge in [-0.1, -0.05) is 12.1 Å². The molecule has 7 heteroatoms. The van der Waals surface area contributed by atoms with Crippen LogP contribution in [0.1, 0.15) is 25.1 Å². The molecule has 1 aromatic heterocycles. The molecule has 1 fully saturated rings. The van der Waals surface area contributed by atoms with Crippen LogP contribution in [0.25, 0.3) is 10.9 Å². The van der Waals surface area contributed by atoms with Gasteiger partial charge in [0.15, 0.2) is 0 Å². The van der Waals surface area contributed by atoms with Crippen LogP contribution in [0.2, 0.25) is 0 Å². The van der Waals surface area contributed by atoms with Crippen molar-refractivity contribution >= 4 is 16.8 Å². The van der Waals surface area contributed by atoms with E-state index in [2.05, 4.69) is 9.97 Å². The van der Waals surface area contributed by atoms with Crippen LogP contribution in [0.5, 0.6) is 0 Å². The lowest BCUT2D eigenvalue weighted by Crippen LogP contribution is -2.45. The van der Waals surface area contributed by atoms with E-state index in [0.717, 1.165) is 0 Å². The average molecular weight is 330 g/mol. The van der Waals surface area contributed by atoms with Gasteiger partial charge in [0.25, 0.3) is 5.56 Å². The fourth-order valence-corrected chi connectivity index (χ4v) is 3.24. The van der Waals surface area contributed by atoms with E-state index < -0.39 is 6.10 Å². The maximum absolute atomic E-state index is 12.6. The third-order valence-corrected chi connectivity index (χ3v) is 4.64. The fraction of sp³-hybridized carbons (Fsp3) is 0.471. The number of nitrogens with two attached hydrogens (primary N) is 1. The molecule has 0 radical (unpaired) electrons. The number of carbonyl (C=O) groups excluding carboxylic acids is 1. The number of carbonyl (C=O) groups is 1. The zero-order valence-electron chi connectivity index (χ0n) is 13.6. The summed E-state index contributed by atoms with van der Waals surface area (Å²) in [5.41, 5.74) is 6.26. The van der Waals surface area contributed by atoms with Crippen molar-refractivity contribution in [3.05, 3.63) is 40.4 Å². The number of aliphatic hydroxyl groups excluding tert-OH is 1. The molecular weight excluding hydrogens is 308 g/mol. The lowest BCUT2D eigenvalue weighted by molar-refractivity contribution is -0.136. The van der Waals surface area contributed by atoms with Gasteiger partial charge in [0.1, 0.15) is 5.82 Å². The second-order valence-corrected chi connectivity index (χ2v) is 6.47. The number of nitrogens with one attached hydrogen (secondary N) is 1. The summed E-state index contributed by atoms with van der Waals surface area (Å²) in [5, 5.41) is 10.2. The van der Waals surface area contributed by atoms with Gasteiger partial charge >= 0.3 is 0 Å². The molecule has 0 unspecified atom stereocenters. The minimum atomic E-state index is -0.530. The number of aromatic amines is 1. The highest BCUT2D eigenvalue weighted by Gasteiger charge is 2.32. The van der Waals surface area contributed by atoms with Crippen molar-refractivity contribution in [2.75, 3.05) is 7.05 Å². The topological polar surface area (TPSA) is 112 Å². The van der Waals surface area contributed by atoms with Gasteiger partial charge in [0.2, 0.25) is 5.91 Å². The number of benzene rings is 1. The molecule has 1 aliphatic rings. The molecule has 0 aliphatic heterocycles. The smallest absolute Gasteiger partial charge is 0.258 e. The van der Waals surface area contributed by atoms with Crippen molar-refractivity contribution in [3.8, 4) is 0 Å². The number of aromatic nitrogens is 2. The molecule has 1 heterocycles. The minimum Gasteiger partial charge on any atom is -0.392 e. The summed E-state index contributed by atoms with van der Waals surface area (Å²) in [6, 6.07) is 6.74. The molecule has 1 amide bonds. The van der Waals surface area contributed by atoms with Gasteiger partial charge in [-0.25, -0.2) is 4.98 Å². The number of para-hydroxylation sites is 1. The molecule has 0 bridgehead atoms. The van der Waals surface area contributed by atoms with Crippen molar-refractivity contribution < 1.29 is 9.90 Å². The third kappa shape index (κ3) is 3.32. The van der Waals surface area contributed by atoms with E-state index in [1.54, 1.807) is 30.1 Å². The molecule has 0 spiro atoms. The Kier molecular flexibility index (Phi) is 4.64. The molecule has 128 valence electrons. The van der Waals surface area contributed by atoms with Crippen molar-refractivity contribution in [3.63, 3.8) is 0 Å². The van der Waals surface area contributed by atoms with Crippen LogP contribution in [-0.2, 0) is 11.3 Å². The lowest BCUT2D eigenvalue weighted by atomic mass is 9.83. The van der Waals surface area contributed by atoms with Gasteiger partial charge in [-0.05, 0) is 31.4 Å². The lowest BCUT2D eigenvalue weighted by Gasteiger charge is -2.32. The molecule has 3 atom stereocenters. The largest absolute Gasteiger partial charge is 0.392 e. The normalized spacial score (nSPS) is 24.0.